The van der Waals surface area contributed by atoms with E-state index in [1.807, 2.05) is 0 Å². The van der Waals surface area contributed by atoms with E-state index in [9.17, 15) is 9.59 Å². The molecule has 5 heteroatoms. The van der Waals surface area contributed by atoms with Gasteiger partial charge in [0.2, 0.25) is 0 Å². The number of aliphatic carboxylic acids is 1. The van der Waals surface area contributed by atoms with Gasteiger partial charge in [-0.15, -0.1) is 0 Å². The van der Waals surface area contributed by atoms with Crippen LogP contribution in [0.4, 0.5) is 0 Å². The molecular formula is C13H20O5. The lowest BCUT2D eigenvalue weighted by atomic mass is 9.87. The number of carbonyl (C=O) groups is 2. The zero-order valence-corrected chi connectivity index (χ0v) is 10.5. The predicted molar refractivity (Wildman–Crippen MR) is 65.1 cm³/mol. The fourth-order valence-electron chi connectivity index (χ4n) is 2.02. The maximum atomic E-state index is 10.8. The van der Waals surface area contributed by atoms with Crippen LogP contribution < -0.4 is 0 Å². The van der Waals surface area contributed by atoms with Crippen molar-refractivity contribution < 1.29 is 24.2 Å². The van der Waals surface area contributed by atoms with E-state index in [-0.39, 0.29) is 12.0 Å². The summed E-state index contributed by atoms with van der Waals surface area (Å²) in [7, 11) is 0. The maximum absolute atomic E-state index is 10.8. The van der Waals surface area contributed by atoms with Crippen molar-refractivity contribution in [2.75, 3.05) is 13.2 Å². The van der Waals surface area contributed by atoms with Crippen molar-refractivity contribution in [1.82, 2.24) is 0 Å². The van der Waals surface area contributed by atoms with Crippen molar-refractivity contribution in [2.45, 2.75) is 38.2 Å². The van der Waals surface area contributed by atoms with Crippen molar-refractivity contribution >= 4 is 11.9 Å². The normalized spacial score (nSPS) is 23.3. The van der Waals surface area contributed by atoms with Gasteiger partial charge in [-0.25, -0.2) is 4.79 Å². The monoisotopic (exact) mass is 256 g/mol. The zero-order valence-electron chi connectivity index (χ0n) is 10.5. The molecule has 0 aromatic carbocycles. The standard InChI is InChI=1S/C13H20O5/c1-2-12(14)18-9-3-8-17-11-6-4-10(5-7-11)13(15)16/h2,10-11H,1,3-9H2,(H,15,16). The number of esters is 1. The van der Waals surface area contributed by atoms with E-state index in [0.29, 0.717) is 32.5 Å². The first kappa shape index (κ1) is 14.7. The zero-order chi connectivity index (χ0) is 13.4. The fraction of sp³-hybridized carbons (Fsp3) is 0.692. The number of ether oxygens (including phenoxy) is 2. The van der Waals surface area contributed by atoms with Gasteiger partial charge in [-0.05, 0) is 25.7 Å². The Bertz CT molecular complexity index is 292. The lowest BCUT2D eigenvalue weighted by Gasteiger charge is -2.26. The molecule has 0 aliphatic heterocycles. The average molecular weight is 256 g/mol. The quantitative estimate of drug-likeness (QED) is 0.427. The summed E-state index contributed by atoms with van der Waals surface area (Å²) in [5.74, 6) is -1.33. The van der Waals surface area contributed by atoms with Crippen LogP contribution in [0.1, 0.15) is 32.1 Å². The highest BCUT2D eigenvalue weighted by Gasteiger charge is 2.25. The molecule has 0 heterocycles. The molecule has 1 aliphatic carbocycles. The van der Waals surface area contributed by atoms with Crippen LogP contribution >= 0.6 is 0 Å². The first-order chi connectivity index (χ1) is 8.63. The van der Waals surface area contributed by atoms with E-state index in [2.05, 4.69) is 6.58 Å². The smallest absolute Gasteiger partial charge is 0.330 e. The molecule has 1 aliphatic rings. The van der Waals surface area contributed by atoms with Gasteiger partial charge in [0.1, 0.15) is 0 Å². The van der Waals surface area contributed by atoms with Crippen molar-refractivity contribution in [3.63, 3.8) is 0 Å². The number of carboxylic acids is 1. The van der Waals surface area contributed by atoms with Gasteiger partial charge in [-0.1, -0.05) is 6.58 Å². The third kappa shape index (κ3) is 5.31. The van der Waals surface area contributed by atoms with Gasteiger partial charge in [0.15, 0.2) is 0 Å². The Balaban J connectivity index is 2.02. The molecular weight excluding hydrogens is 236 g/mol. The van der Waals surface area contributed by atoms with Gasteiger partial charge >= 0.3 is 11.9 Å². The summed E-state index contributed by atoms with van der Waals surface area (Å²) >= 11 is 0. The summed E-state index contributed by atoms with van der Waals surface area (Å²) in [6.07, 6.45) is 4.90. The molecule has 0 aromatic heterocycles. The van der Waals surface area contributed by atoms with Gasteiger partial charge in [-0.2, -0.15) is 0 Å². The Morgan fingerprint density at radius 3 is 2.44 bits per heavy atom. The fourth-order valence-corrected chi connectivity index (χ4v) is 2.02. The number of rotatable bonds is 7. The molecule has 0 aromatic rings. The van der Waals surface area contributed by atoms with Crippen LogP contribution in [-0.4, -0.2) is 36.4 Å². The first-order valence-electron chi connectivity index (χ1n) is 6.27. The highest BCUT2D eigenvalue weighted by atomic mass is 16.5. The second kappa shape index (κ2) is 7.87. The van der Waals surface area contributed by atoms with Gasteiger partial charge < -0.3 is 14.6 Å². The summed E-state index contributed by atoms with van der Waals surface area (Å²) in [5.41, 5.74) is 0. The molecule has 1 saturated carbocycles. The van der Waals surface area contributed by atoms with E-state index in [0.717, 1.165) is 18.9 Å². The van der Waals surface area contributed by atoms with Crippen LogP contribution in [0.2, 0.25) is 0 Å². The minimum absolute atomic E-state index is 0.149. The molecule has 0 spiro atoms. The summed E-state index contributed by atoms with van der Waals surface area (Å²) in [6.45, 7) is 4.16. The molecule has 1 N–H and O–H groups in total. The molecule has 1 fully saturated rings. The second-order valence-corrected chi connectivity index (χ2v) is 4.41. The highest BCUT2D eigenvalue weighted by molar-refractivity contribution is 5.81. The minimum Gasteiger partial charge on any atom is -0.481 e. The van der Waals surface area contributed by atoms with Crippen LogP contribution in [0, 0.1) is 5.92 Å². The van der Waals surface area contributed by atoms with Crippen molar-refractivity contribution in [3.8, 4) is 0 Å². The summed E-state index contributed by atoms with van der Waals surface area (Å²) in [5, 5.41) is 8.85. The summed E-state index contributed by atoms with van der Waals surface area (Å²) in [4.78, 5) is 21.5. The Morgan fingerprint density at radius 1 is 1.22 bits per heavy atom. The molecule has 18 heavy (non-hydrogen) atoms. The molecule has 5 nitrogen and oxygen atoms in total. The molecule has 0 atom stereocenters. The number of carboxylic acid groups (broad SMARTS) is 1. The lowest BCUT2D eigenvalue weighted by molar-refractivity contribution is -0.143. The van der Waals surface area contributed by atoms with Crippen LogP contribution in [0.15, 0.2) is 12.7 Å². The average Bonchev–Trinajstić information content (AvgIpc) is 2.38. The second-order valence-electron chi connectivity index (χ2n) is 4.41. The number of hydrogen-bond donors (Lipinski definition) is 1. The van der Waals surface area contributed by atoms with Crippen LogP contribution in [0.5, 0.6) is 0 Å². The third-order valence-electron chi connectivity index (χ3n) is 3.08. The maximum Gasteiger partial charge on any atom is 0.330 e. The van der Waals surface area contributed by atoms with Crippen LogP contribution in [-0.2, 0) is 19.1 Å². The Hall–Kier alpha value is -1.36. The van der Waals surface area contributed by atoms with E-state index in [1.54, 1.807) is 0 Å². The van der Waals surface area contributed by atoms with Gasteiger partial charge in [0.25, 0.3) is 0 Å². The number of hydrogen-bond acceptors (Lipinski definition) is 4. The van der Waals surface area contributed by atoms with E-state index < -0.39 is 11.9 Å². The Labute approximate surface area is 107 Å². The molecule has 1 rings (SSSR count). The van der Waals surface area contributed by atoms with Crippen molar-refractivity contribution in [2.24, 2.45) is 5.92 Å². The molecule has 0 radical (unpaired) electrons. The highest BCUT2D eigenvalue weighted by Crippen LogP contribution is 2.26. The SMILES string of the molecule is C=CC(=O)OCCCOC1CCC(C(=O)O)CC1. The van der Waals surface area contributed by atoms with Crippen LogP contribution in [0.25, 0.3) is 0 Å². The van der Waals surface area contributed by atoms with Gasteiger partial charge in [-0.3, -0.25) is 4.79 Å². The summed E-state index contributed by atoms with van der Waals surface area (Å²) in [6, 6.07) is 0. The minimum atomic E-state index is -0.704. The van der Waals surface area contributed by atoms with Gasteiger partial charge in [0, 0.05) is 12.5 Å². The van der Waals surface area contributed by atoms with Gasteiger partial charge in [0.05, 0.1) is 25.2 Å². The largest absolute Gasteiger partial charge is 0.481 e. The van der Waals surface area contributed by atoms with Crippen LogP contribution in [0.3, 0.4) is 0 Å². The molecule has 0 saturated heterocycles. The van der Waals surface area contributed by atoms with E-state index in [1.165, 1.54) is 0 Å². The first-order valence-corrected chi connectivity index (χ1v) is 6.27. The third-order valence-corrected chi connectivity index (χ3v) is 3.08. The van der Waals surface area contributed by atoms with Crippen molar-refractivity contribution in [3.05, 3.63) is 12.7 Å². The topological polar surface area (TPSA) is 72.8 Å². The molecule has 102 valence electrons. The van der Waals surface area contributed by atoms with E-state index in [4.69, 9.17) is 14.6 Å². The summed E-state index contributed by atoms with van der Waals surface area (Å²) < 4.78 is 10.4. The lowest BCUT2D eigenvalue weighted by Crippen LogP contribution is -2.26. The Morgan fingerprint density at radius 2 is 1.89 bits per heavy atom. The number of carbonyl (C=O) groups excluding carboxylic acids is 1. The predicted octanol–water partition coefficient (Wildman–Crippen LogP) is 1.77. The van der Waals surface area contributed by atoms with Crippen molar-refractivity contribution in [1.29, 1.82) is 0 Å². The Kier molecular flexibility index (Phi) is 6.43. The molecule has 0 unspecified atom stereocenters. The molecule has 0 amide bonds. The molecule has 0 bridgehead atoms. The van der Waals surface area contributed by atoms with E-state index >= 15 is 0 Å².